The molecule has 4 nitrogen and oxygen atoms in total. The van der Waals surface area contributed by atoms with Crippen molar-refractivity contribution in [1.29, 1.82) is 0 Å². The topological polar surface area (TPSA) is 53.2 Å². The predicted molar refractivity (Wildman–Crippen MR) is 122 cm³/mol. The number of carbonyl (C=O) groups excluding carboxylic acids is 1. The van der Waals surface area contributed by atoms with Gasteiger partial charge in [0.05, 0.1) is 16.3 Å². The van der Waals surface area contributed by atoms with Gasteiger partial charge in [-0.25, -0.2) is 0 Å². The van der Waals surface area contributed by atoms with Gasteiger partial charge in [0, 0.05) is 9.50 Å². The molecule has 0 spiro atoms. The summed E-state index contributed by atoms with van der Waals surface area (Å²) in [5, 5.41) is 9.12. The second-order valence-electron chi connectivity index (χ2n) is 5.15. The second-order valence-corrected chi connectivity index (χ2v) is 9.63. The number of hydrogen-bond donors (Lipinski definition) is 3. The van der Waals surface area contributed by atoms with Gasteiger partial charge in [0.2, 0.25) is 3.79 Å². The summed E-state index contributed by atoms with van der Waals surface area (Å²) >= 11 is 38.5. The average molecular weight is 551 g/mol. The van der Waals surface area contributed by atoms with Gasteiger partial charge in [-0.15, -0.1) is 0 Å². The van der Waals surface area contributed by atoms with Gasteiger partial charge in [-0.2, -0.15) is 0 Å². The van der Waals surface area contributed by atoms with Crippen molar-refractivity contribution in [2.45, 2.75) is 9.96 Å². The first-order chi connectivity index (χ1) is 12.6. The van der Waals surface area contributed by atoms with E-state index in [1.54, 1.807) is 42.5 Å². The lowest BCUT2D eigenvalue weighted by Gasteiger charge is -2.28. The molecule has 0 aliphatic rings. The van der Waals surface area contributed by atoms with E-state index in [1.807, 2.05) is 0 Å². The summed E-state index contributed by atoms with van der Waals surface area (Å²) in [5.41, 5.74) is 0.831. The lowest BCUT2D eigenvalue weighted by Crippen LogP contribution is -2.56. The minimum absolute atomic E-state index is 0.0721. The Bertz CT molecular complexity index is 862. The normalized spacial score (nSPS) is 12.2. The van der Waals surface area contributed by atoms with Crippen LogP contribution in [-0.4, -0.2) is 21.0 Å². The maximum atomic E-state index is 12.5. The van der Waals surface area contributed by atoms with Crippen LogP contribution in [0.4, 0.5) is 5.69 Å². The van der Waals surface area contributed by atoms with Crippen molar-refractivity contribution >= 4 is 103 Å². The number of nitrogens with one attached hydrogen (secondary N) is 3. The number of benzene rings is 2. The molecule has 0 aromatic heterocycles. The molecule has 0 fully saturated rings. The fourth-order valence-corrected chi connectivity index (χ4v) is 3.29. The zero-order valence-corrected chi connectivity index (χ0v) is 19.4. The molecular weight excluding hydrogens is 539 g/mol. The van der Waals surface area contributed by atoms with E-state index in [0.29, 0.717) is 25.8 Å². The standard InChI is InChI=1S/C16H11BrCl5N3OS/c17-10-4-2-1-3-9(10)13(26)24-14(16(20,21)22)25-15(27)23-12-7-8(18)5-6-11(12)19/h1-7,14H,(H,24,26)(H2,23,25,27)/t14-/m1/s1. The molecule has 2 rings (SSSR count). The zero-order chi connectivity index (χ0) is 20.2. The summed E-state index contributed by atoms with van der Waals surface area (Å²) in [4.78, 5) is 12.5. The van der Waals surface area contributed by atoms with Gasteiger partial charge in [0.1, 0.15) is 6.17 Å². The predicted octanol–water partition coefficient (Wildman–Crippen LogP) is 6.17. The monoisotopic (exact) mass is 547 g/mol. The summed E-state index contributed by atoms with van der Waals surface area (Å²) in [5.74, 6) is -0.463. The van der Waals surface area contributed by atoms with Crippen LogP contribution in [0.15, 0.2) is 46.9 Å². The summed E-state index contributed by atoms with van der Waals surface area (Å²) in [6, 6.07) is 11.7. The van der Waals surface area contributed by atoms with Crippen LogP contribution >= 0.6 is 86.2 Å². The van der Waals surface area contributed by atoms with Crippen LogP contribution in [0, 0.1) is 0 Å². The Balaban J connectivity index is 2.12. The van der Waals surface area contributed by atoms with Crippen LogP contribution in [0.2, 0.25) is 10.0 Å². The summed E-state index contributed by atoms with van der Waals surface area (Å²) < 4.78 is -1.29. The molecule has 0 saturated carbocycles. The highest BCUT2D eigenvalue weighted by molar-refractivity contribution is 9.10. The van der Waals surface area contributed by atoms with Crippen LogP contribution < -0.4 is 16.0 Å². The van der Waals surface area contributed by atoms with Crippen LogP contribution in [0.5, 0.6) is 0 Å². The molecule has 144 valence electrons. The first-order valence-corrected chi connectivity index (χ1v) is 10.3. The van der Waals surface area contributed by atoms with E-state index in [9.17, 15) is 4.79 Å². The van der Waals surface area contributed by atoms with Crippen molar-refractivity contribution in [3.63, 3.8) is 0 Å². The second kappa shape index (κ2) is 9.83. The van der Waals surface area contributed by atoms with Gasteiger partial charge in [0.15, 0.2) is 5.11 Å². The third kappa shape index (κ3) is 6.82. The minimum atomic E-state index is -1.89. The third-order valence-electron chi connectivity index (χ3n) is 3.17. The molecule has 3 N–H and O–H groups in total. The highest BCUT2D eigenvalue weighted by Crippen LogP contribution is 2.30. The molecule has 0 unspecified atom stereocenters. The third-order valence-corrected chi connectivity index (χ3v) is 5.30. The number of thiocarbonyl (C=S) groups is 1. The van der Waals surface area contributed by atoms with Crippen molar-refractivity contribution in [2.24, 2.45) is 0 Å². The van der Waals surface area contributed by atoms with Crippen LogP contribution in [-0.2, 0) is 0 Å². The van der Waals surface area contributed by atoms with Crippen molar-refractivity contribution < 1.29 is 4.79 Å². The van der Waals surface area contributed by atoms with E-state index in [4.69, 9.17) is 70.2 Å². The average Bonchev–Trinajstić information content (AvgIpc) is 2.57. The molecule has 2 aromatic rings. The fraction of sp³-hybridized carbons (Fsp3) is 0.125. The number of alkyl halides is 3. The Morgan fingerprint density at radius 3 is 2.37 bits per heavy atom. The molecule has 1 atom stereocenters. The number of amides is 1. The number of rotatable bonds is 4. The Kier molecular flexibility index (Phi) is 8.31. The molecule has 0 bridgehead atoms. The Morgan fingerprint density at radius 1 is 1.07 bits per heavy atom. The van der Waals surface area contributed by atoms with E-state index >= 15 is 0 Å². The van der Waals surface area contributed by atoms with Crippen molar-refractivity contribution in [3.05, 3.63) is 62.5 Å². The molecule has 0 aliphatic carbocycles. The van der Waals surface area contributed by atoms with Crippen molar-refractivity contribution in [3.8, 4) is 0 Å². The zero-order valence-electron chi connectivity index (χ0n) is 13.2. The minimum Gasteiger partial charge on any atom is -0.339 e. The van der Waals surface area contributed by atoms with Gasteiger partial charge in [-0.1, -0.05) is 70.1 Å². The first-order valence-electron chi connectivity index (χ1n) is 7.22. The molecule has 0 aliphatic heterocycles. The number of halogens is 6. The fourth-order valence-electron chi connectivity index (χ4n) is 1.94. The first kappa shape index (κ1) is 22.8. The Labute approximate surface area is 195 Å². The maximum absolute atomic E-state index is 12.5. The Morgan fingerprint density at radius 2 is 1.74 bits per heavy atom. The molecule has 27 heavy (non-hydrogen) atoms. The van der Waals surface area contributed by atoms with Crippen LogP contribution in [0.25, 0.3) is 0 Å². The van der Waals surface area contributed by atoms with E-state index in [0.717, 1.165) is 0 Å². The van der Waals surface area contributed by atoms with Gasteiger partial charge >= 0.3 is 0 Å². The molecule has 0 saturated heterocycles. The van der Waals surface area contributed by atoms with E-state index < -0.39 is 15.9 Å². The SMILES string of the molecule is O=C(N[C@H](NC(=S)Nc1cc(Cl)ccc1Cl)C(Cl)(Cl)Cl)c1ccccc1Br. The number of anilines is 1. The van der Waals surface area contributed by atoms with Crippen LogP contribution in [0.1, 0.15) is 10.4 Å². The maximum Gasteiger partial charge on any atom is 0.254 e. The number of hydrogen-bond acceptors (Lipinski definition) is 2. The highest BCUT2D eigenvalue weighted by atomic mass is 79.9. The Hall–Kier alpha value is -0.470. The van der Waals surface area contributed by atoms with Gasteiger partial charge in [0.25, 0.3) is 5.91 Å². The highest BCUT2D eigenvalue weighted by Gasteiger charge is 2.35. The molecule has 0 radical (unpaired) electrons. The van der Waals surface area contributed by atoms with E-state index in [2.05, 4.69) is 31.9 Å². The summed E-state index contributed by atoms with van der Waals surface area (Å²) in [7, 11) is 0. The smallest absolute Gasteiger partial charge is 0.254 e. The van der Waals surface area contributed by atoms with Gasteiger partial charge in [-0.05, 0) is 58.5 Å². The van der Waals surface area contributed by atoms with Crippen LogP contribution in [0.3, 0.4) is 0 Å². The molecule has 2 aromatic carbocycles. The van der Waals surface area contributed by atoms with Crippen molar-refractivity contribution in [2.75, 3.05) is 5.32 Å². The summed E-state index contributed by atoms with van der Waals surface area (Å²) in [6.45, 7) is 0. The number of carbonyl (C=O) groups is 1. The van der Waals surface area contributed by atoms with Gasteiger partial charge in [-0.3, -0.25) is 4.79 Å². The quantitative estimate of drug-likeness (QED) is 0.242. The molecule has 11 heteroatoms. The van der Waals surface area contributed by atoms with E-state index in [1.165, 1.54) is 0 Å². The van der Waals surface area contributed by atoms with Gasteiger partial charge < -0.3 is 16.0 Å². The summed E-state index contributed by atoms with van der Waals surface area (Å²) in [6.07, 6.45) is -1.12. The molecule has 1 amide bonds. The molecular formula is C16H11BrCl5N3OS. The largest absolute Gasteiger partial charge is 0.339 e. The molecule has 0 heterocycles. The lowest BCUT2D eigenvalue weighted by atomic mass is 10.2. The van der Waals surface area contributed by atoms with Crippen molar-refractivity contribution in [1.82, 2.24) is 10.6 Å². The van der Waals surface area contributed by atoms with E-state index in [-0.39, 0.29) is 5.11 Å². The lowest BCUT2D eigenvalue weighted by molar-refractivity contribution is 0.0934.